The fraction of sp³-hybridized carbons (Fsp3) is 0.412. The van der Waals surface area contributed by atoms with Crippen LogP contribution in [0.15, 0.2) is 22.7 Å². The van der Waals surface area contributed by atoms with Gasteiger partial charge in [-0.25, -0.2) is 0 Å². The Balaban J connectivity index is 1.62. The van der Waals surface area contributed by atoms with Gasteiger partial charge in [0.25, 0.3) is 0 Å². The van der Waals surface area contributed by atoms with Crippen molar-refractivity contribution in [1.82, 2.24) is 10.1 Å². The lowest BCUT2D eigenvalue weighted by Gasteiger charge is -2.29. The van der Waals surface area contributed by atoms with Gasteiger partial charge in [-0.2, -0.15) is 0 Å². The van der Waals surface area contributed by atoms with Crippen LogP contribution in [0.1, 0.15) is 18.2 Å². The number of rotatable bonds is 3. The minimum absolute atomic E-state index is 0.204. The number of aromatic nitrogens is 1. The Kier molecular flexibility index (Phi) is 3.85. The third-order valence-corrected chi connectivity index (χ3v) is 4.59. The summed E-state index contributed by atoms with van der Waals surface area (Å²) in [6.07, 6.45) is -0.338. The minimum atomic E-state index is -0.935. The lowest BCUT2D eigenvalue weighted by molar-refractivity contribution is -0.135. The van der Waals surface area contributed by atoms with Crippen molar-refractivity contribution >= 4 is 5.91 Å². The van der Waals surface area contributed by atoms with Crippen molar-refractivity contribution < 1.29 is 23.9 Å². The number of carbonyl (C=O) groups is 1. The molecule has 3 N–H and O–H groups in total. The molecular weight excluding hydrogens is 326 g/mol. The molecule has 2 aromatic rings. The molecule has 0 radical (unpaired) electrons. The first-order chi connectivity index (χ1) is 12.0. The van der Waals surface area contributed by atoms with E-state index in [1.165, 1.54) is 6.92 Å². The number of carbonyl (C=O) groups excluding carboxylic acids is 1. The molecule has 4 rings (SSSR count). The fourth-order valence-corrected chi connectivity index (χ4v) is 3.09. The molecule has 8 heteroatoms. The van der Waals surface area contributed by atoms with Crippen molar-refractivity contribution in [2.24, 2.45) is 5.73 Å². The average molecular weight is 345 g/mol. The molecular formula is C17H19N3O5. The van der Waals surface area contributed by atoms with Crippen LogP contribution in [0.2, 0.25) is 0 Å². The van der Waals surface area contributed by atoms with Gasteiger partial charge in [0.1, 0.15) is 17.5 Å². The normalized spacial score (nSPS) is 18.0. The molecule has 2 aliphatic heterocycles. The number of benzene rings is 1. The monoisotopic (exact) mass is 345 g/mol. The largest absolute Gasteiger partial charge is 0.454 e. The number of hydrogen-bond donors (Lipinski definition) is 2. The molecule has 0 saturated heterocycles. The summed E-state index contributed by atoms with van der Waals surface area (Å²) in [5, 5.41) is 13.7. The van der Waals surface area contributed by atoms with Crippen molar-refractivity contribution in [2.75, 3.05) is 13.3 Å². The predicted octanol–water partition coefficient (Wildman–Crippen LogP) is 0.663. The van der Waals surface area contributed by atoms with Crippen molar-refractivity contribution in [1.29, 1.82) is 0 Å². The Bertz CT molecular complexity index is 817. The van der Waals surface area contributed by atoms with E-state index >= 15 is 0 Å². The van der Waals surface area contributed by atoms with Crippen LogP contribution in [0.5, 0.6) is 11.5 Å². The number of nitrogens with zero attached hydrogens (tertiary/aromatic N) is 2. The molecule has 2 atom stereocenters. The van der Waals surface area contributed by atoms with E-state index in [4.69, 9.17) is 19.7 Å². The van der Waals surface area contributed by atoms with Crippen LogP contribution in [0.4, 0.5) is 0 Å². The summed E-state index contributed by atoms with van der Waals surface area (Å²) in [7, 11) is 0. The Morgan fingerprint density at radius 2 is 2.16 bits per heavy atom. The second-order valence-corrected chi connectivity index (χ2v) is 6.28. The Hall–Kier alpha value is -2.58. The first-order valence-corrected chi connectivity index (χ1v) is 8.14. The van der Waals surface area contributed by atoms with E-state index in [9.17, 15) is 9.90 Å². The molecule has 1 aromatic heterocycles. The van der Waals surface area contributed by atoms with Crippen LogP contribution < -0.4 is 15.2 Å². The van der Waals surface area contributed by atoms with Gasteiger partial charge in [-0.1, -0.05) is 5.16 Å². The Morgan fingerprint density at radius 1 is 1.36 bits per heavy atom. The van der Waals surface area contributed by atoms with E-state index in [-0.39, 0.29) is 12.7 Å². The number of aliphatic hydroxyl groups excluding tert-OH is 1. The zero-order valence-electron chi connectivity index (χ0n) is 13.8. The highest BCUT2D eigenvalue weighted by atomic mass is 16.7. The molecule has 25 heavy (non-hydrogen) atoms. The smallest absolute Gasteiger partial charge is 0.242 e. The third-order valence-electron chi connectivity index (χ3n) is 4.59. The zero-order chi connectivity index (χ0) is 17.6. The quantitative estimate of drug-likeness (QED) is 0.841. The molecule has 132 valence electrons. The number of fused-ring (bicyclic) bond motifs is 2. The highest BCUT2D eigenvalue weighted by Crippen LogP contribution is 2.38. The first-order valence-electron chi connectivity index (χ1n) is 8.14. The van der Waals surface area contributed by atoms with Crippen molar-refractivity contribution in [3.63, 3.8) is 0 Å². The second kappa shape index (κ2) is 6.05. The van der Waals surface area contributed by atoms with Crippen molar-refractivity contribution in [3.05, 3.63) is 29.5 Å². The molecule has 0 aliphatic carbocycles. The summed E-state index contributed by atoms with van der Waals surface area (Å²) >= 11 is 0. The molecule has 0 spiro atoms. The van der Waals surface area contributed by atoms with Gasteiger partial charge in [-0.05, 0) is 25.1 Å². The Labute approximate surface area is 144 Å². The standard InChI is InChI=1S/C17H19N3O5/c1-9(21)15(18)17(22)20-5-4-12-11(7-20)16(19-25-12)10-2-3-13-14(6-10)24-8-23-13/h2-3,6,9,15,21H,4-5,7-8,18H2,1H3/t9-,15+/m1/s1. The maximum Gasteiger partial charge on any atom is 0.242 e. The molecule has 3 heterocycles. The molecule has 0 bridgehead atoms. The van der Waals surface area contributed by atoms with E-state index < -0.39 is 12.1 Å². The summed E-state index contributed by atoms with van der Waals surface area (Å²) < 4.78 is 16.2. The van der Waals surface area contributed by atoms with Crippen LogP contribution in [-0.4, -0.2) is 46.6 Å². The van der Waals surface area contributed by atoms with Crippen LogP contribution in [0.25, 0.3) is 11.3 Å². The fourth-order valence-electron chi connectivity index (χ4n) is 3.09. The van der Waals surface area contributed by atoms with Crippen LogP contribution in [0.3, 0.4) is 0 Å². The maximum absolute atomic E-state index is 12.4. The van der Waals surface area contributed by atoms with Gasteiger partial charge in [-0.15, -0.1) is 0 Å². The minimum Gasteiger partial charge on any atom is -0.454 e. The summed E-state index contributed by atoms with van der Waals surface area (Å²) in [6.45, 7) is 2.55. The van der Waals surface area contributed by atoms with E-state index in [0.717, 1.165) is 16.9 Å². The SMILES string of the molecule is C[C@@H](O)[C@H](N)C(=O)N1CCc2onc(-c3ccc4c(c3)OCO4)c2C1. The topological polar surface area (TPSA) is 111 Å². The molecule has 0 saturated carbocycles. The second-order valence-electron chi connectivity index (χ2n) is 6.28. The van der Waals surface area contributed by atoms with E-state index in [1.54, 1.807) is 4.90 Å². The maximum atomic E-state index is 12.4. The van der Waals surface area contributed by atoms with E-state index in [1.807, 2.05) is 18.2 Å². The number of hydrogen-bond acceptors (Lipinski definition) is 7. The van der Waals surface area contributed by atoms with Crippen molar-refractivity contribution in [3.8, 4) is 22.8 Å². The summed E-state index contributed by atoms with van der Waals surface area (Å²) in [6, 6.07) is 4.63. The van der Waals surface area contributed by atoms with Gasteiger partial charge < -0.3 is 29.7 Å². The molecule has 0 fully saturated rings. The first kappa shape index (κ1) is 15.9. The van der Waals surface area contributed by atoms with Crippen LogP contribution in [0, 0.1) is 0 Å². The lowest BCUT2D eigenvalue weighted by atomic mass is 10.00. The van der Waals surface area contributed by atoms with E-state index in [2.05, 4.69) is 5.16 Å². The zero-order valence-corrected chi connectivity index (χ0v) is 13.8. The van der Waals surface area contributed by atoms with Crippen LogP contribution >= 0.6 is 0 Å². The van der Waals surface area contributed by atoms with Gasteiger partial charge in [0.2, 0.25) is 12.7 Å². The van der Waals surface area contributed by atoms with Gasteiger partial charge in [0.05, 0.1) is 12.6 Å². The highest BCUT2D eigenvalue weighted by Gasteiger charge is 2.31. The Morgan fingerprint density at radius 3 is 2.96 bits per heavy atom. The number of nitrogens with two attached hydrogens (primary N) is 1. The number of amides is 1. The van der Waals surface area contributed by atoms with Gasteiger partial charge >= 0.3 is 0 Å². The highest BCUT2D eigenvalue weighted by molar-refractivity contribution is 5.83. The van der Waals surface area contributed by atoms with Crippen LogP contribution in [-0.2, 0) is 17.8 Å². The molecule has 1 amide bonds. The summed E-state index contributed by atoms with van der Waals surface area (Å²) in [5.41, 5.74) is 8.16. The van der Waals surface area contributed by atoms with Crippen molar-refractivity contribution in [2.45, 2.75) is 32.0 Å². The van der Waals surface area contributed by atoms with Gasteiger partial charge in [0.15, 0.2) is 11.5 Å². The van der Waals surface area contributed by atoms with Gasteiger partial charge in [-0.3, -0.25) is 4.79 Å². The number of aliphatic hydroxyl groups is 1. The van der Waals surface area contributed by atoms with E-state index in [0.29, 0.717) is 36.7 Å². The average Bonchev–Trinajstić information content (AvgIpc) is 3.25. The summed E-state index contributed by atoms with van der Waals surface area (Å²) in [4.78, 5) is 14.1. The number of ether oxygens (including phenoxy) is 2. The predicted molar refractivity (Wildman–Crippen MR) is 86.8 cm³/mol. The molecule has 2 aliphatic rings. The lowest BCUT2D eigenvalue weighted by Crippen LogP contribution is -2.50. The third kappa shape index (κ3) is 2.73. The summed E-state index contributed by atoms with van der Waals surface area (Å²) in [5.74, 6) is 1.84. The molecule has 1 aromatic carbocycles. The molecule has 0 unspecified atom stereocenters. The molecule has 8 nitrogen and oxygen atoms in total. The van der Waals surface area contributed by atoms with Gasteiger partial charge in [0, 0.05) is 24.1 Å².